The van der Waals surface area contributed by atoms with E-state index >= 15 is 0 Å². The summed E-state index contributed by atoms with van der Waals surface area (Å²) >= 11 is 0. The van der Waals surface area contributed by atoms with Gasteiger partial charge in [0, 0.05) is 22.0 Å². The summed E-state index contributed by atoms with van der Waals surface area (Å²) in [7, 11) is -2.24. The molecule has 0 radical (unpaired) electrons. The predicted octanol–water partition coefficient (Wildman–Crippen LogP) is 11.9. The zero-order valence-electron chi connectivity index (χ0n) is 29.7. The number of hydrogen-bond donors (Lipinski definition) is 0. The molecule has 1 aromatic heterocycles. The number of rotatable bonds is 5. The smallest absolute Gasteiger partial charge is 0.160 e. The Bertz CT molecular complexity index is 2850. The van der Waals surface area contributed by atoms with Crippen LogP contribution in [0.3, 0.4) is 0 Å². The molecule has 0 spiro atoms. The highest BCUT2D eigenvalue weighted by Crippen LogP contribution is 2.40. The van der Waals surface area contributed by atoms with E-state index in [9.17, 15) is 0 Å². The van der Waals surface area contributed by atoms with Crippen molar-refractivity contribution in [3.8, 4) is 67.2 Å². The van der Waals surface area contributed by atoms with E-state index < -0.39 is 8.07 Å². The highest BCUT2D eigenvalue weighted by molar-refractivity contribution is 7.04. The fourth-order valence-electron chi connectivity index (χ4n) is 8.40. The molecule has 1 aliphatic rings. The monoisotopic (exact) mass is 692 g/mol. The Kier molecular flexibility index (Phi) is 7.31. The van der Waals surface area contributed by atoms with Gasteiger partial charge in [-0.3, -0.25) is 0 Å². The Hall–Kier alpha value is -6.42. The van der Waals surface area contributed by atoms with E-state index in [0.29, 0.717) is 0 Å². The standard InChI is InChI=1S/C50H36N2Si/c1-53(2)48-43-23-9-7-16-37(43)29-30-45(48)46-47(51-49(52-50(46)53)44-24-12-17-36-15-6-8-22-42(36)44)41-21-11-20-40(32-41)39-19-10-18-38(31-39)35-27-25-34(26-28-35)33-13-4-3-5-14-33/h3-32H,1-2H3. The topological polar surface area (TPSA) is 25.8 Å². The van der Waals surface area contributed by atoms with E-state index in [-0.39, 0.29) is 0 Å². The van der Waals surface area contributed by atoms with Gasteiger partial charge >= 0.3 is 0 Å². The second-order valence-corrected chi connectivity index (χ2v) is 18.8. The highest BCUT2D eigenvalue weighted by atomic mass is 28.3. The van der Waals surface area contributed by atoms with Gasteiger partial charge in [-0.2, -0.15) is 0 Å². The van der Waals surface area contributed by atoms with Crippen LogP contribution in [-0.2, 0) is 0 Å². The fourth-order valence-corrected chi connectivity index (χ4v) is 11.7. The molecule has 0 N–H and O–H groups in total. The van der Waals surface area contributed by atoms with Gasteiger partial charge in [0.1, 0.15) is 8.07 Å². The molecule has 10 rings (SSSR count). The summed E-state index contributed by atoms with van der Waals surface area (Å²) in [4.78, 5) is 11.1. The van der Waals surface area contributed by atoms with Crippen molar-refractivity contribution in [2.75, 3.05) is 0 Å². The summed E-state index contributed by atoms with van der Waals surface area (Å²) < 4.78 is 0. The second-order valence-electron chi connectivity index (χ2n) is 14.6. The quantitative estimate of drug-likeness (QED) is 0.168. The van der Waals surface area contributed by atoms with Crippen molar-refractivity contribution in [3.05, 3.63) is 182 Å². The minimum absolute atomic E-state index is 0.791. The van der Waals surface area contributed by atoms with Crippen LogP contribution in [0.4, 0.5) is 0 Å². The molecule has 9 aromatic rings. The third-order valence-corrected chi connectivity index (χ3v) is 14.3. The first kappa shape index (κ1) is 31.3. The lowest BCUT2D eigenvalue weighted by atomic mass is 9.94. The Morgan fingerprint density at radius 1 is 0.377 bits per heavy atom. The van der Waals surface area contributed by atoms with Crippen LogP contribution in [0, 0.1) is 0 Å². The van der Waals surface area contributed by atoms with Crippen LogP contribution in [0.15, 0.2) is 182 Å². The van der Waals surface area contributed by atoms with Crippen molar-refractivity contribution < 1.29 is 0 Å². The molecule has 8 aromatic carbocycles. The van der Waals surface area contributed by atoms with E-state index in [1.165, 1.54) is 71.0 Å². The maximum absolute atomic E-state index is 5.54. The normalized spacial score (nSPS) is 12.9. The SMILES string of the molecule is C[Si]1(C)c2nc(-c3cccc4ccccc34)nc(-c3cccc(-c4cccc(-c5ccc(-c6ccccc6)cc5)c4)c3)c2-c2ccc3ccccc3c21. The van der Waals surface area contributed by atoms with Crippen molar-refractivity contribution >= 4 is 40.1 Å². The van der Waals surface area contributed by atoms with Gasteiger partial charge in [-0.05, 0) is 77.8 Å². The molecule has 0 atom stereocenters. The molecule has 2 heterocycles. The molecule has 53 heavy (non-hydrogen) atoms. The number of hydrogen-bond acceptors (Lipinski definition) is 2. The Labute approximate surface area is 311 Å². The van der Waals surface area contributed by atoms with Gasteiger partial charge in [0.05, 0.1) is 5.69 Å². The fraction of sp³-hybridized carbons (Fsp3) is 0.0400. The molecule has 3 heteroatoms. The first-order valence-corrected chi connectivity index (χ1v) is 21.3. The van der Waals surface area contributed by atoms with Crippen LogP contribution in [0.2, 0.25) is 13.1 Å². The molecule has 0 unspecified atom stereocenters. The molecule has 250 valence electrons. The lowest BCUT2D eigenvalue weighted by Crippen LogP contribution is -2.51. The van der Waals surface area contributed by atoms with Gasteiger partial charge < -0.3 is 0 Å². The first-order valence-electron chi connectivity index (χ1n) is 18.3. The zero-order chi connectivity index (χ0) is 35.5. The molecule has 0 saturated carbocycles. The van der Waals surface area contributed by atoms with Crippen molar-refractivity contribution in [2.45, 2.75) is 13.1 Å². The first-order chi connectivity index (χ1) is 26.0. The summed E-state index contributed by atoms with van der Waals surface area (Å²) in [6, 6.07) is 65.7. The van der Waals surface area contributed by atoms with Gasteiger partial charge in [-0.1, -0.05) is 183 Å². The minimum Gasteiger partial charge on any atom is -0.237 e. The molecule has 0 aliphatic carbocycles. The van der Waals surface area contributed by atoms with Crippen LogP contribution in [0.25, 0.3) is 88.7 Å². The molecule has 0 amide bonds. The number of benzene rings is 8. The van der Waals surface area contributed by atoms with E-state index in [2.05, 4.69) is 195 Å². The molecule has 0 fully saturated rings. The third-order valence-electron chi connectivity index (χ3n) is 11.0. The van der Waals surface area contributed by atoms with Gasteiger partial charge in [0.15, 0.2) is 5.82 Å². The Balaban J connectivity index is 1.14. The summed E-state index contributed by atoms with van der Waals surface area (Å²) in [5, 5.41) is 7.64. The van der Waals surface area contributed by atoms with E-state index in [1.54, 1.807) is 0 Å². The van der Waals surface area contributed by atoms with Crippen LogP contribution in [0.5, 0.6) is 0 Å². The van der Waals surface area contributed by atoms with Crippen LogP contribution in [0.1, 0.15) is 0 Å². The van der Waals surface area contributed by atoms with E-state index in [4.69, 9.17) is 9.97 Å². The predicted molar refractivity (Wildman–Crippen MR) is 226 cm³/mol. The average molecular weight is 693 g/mol. The summed E-state index contributed by atoms with van der Waals surface area (Å²) in [5.74, 6) is 0.791. The largest absolute Gasteiger partial charge is 0.237 e. The van der Waals surface area contributed by atoms with Crippen molar-refractivity contribution in [1.82, 2.24) is 9.97 Å². The van der Waals surface area contributed by atoms with Crippen LogP contribution in [-0.4, -0.2) is 18.0 Å². The Morgan fingerprint density at radius 2 is 0.887 bits per heavy atom. The summed E-state index contributed by atoms with van der Waals surface area (Å²) in [6.07, 6.45) is 0. The van der Waals surface area contributed by atoms with Gasteiger partial charge in [0.2, 0.25) is 0 Å². The Morgan fingerprint density at radius 3 is 1.62 bits per heavy atom. The molecule has 0 bridgehead atoms. The summed E-state index contributed by atoms with van der Waals surface area (Å²) in [5.41, 5.74) is 12.8. The average Bonchev–Trinajstić information content (AvgIpc) is 3.46. The number of nitrogens with zero attached hydrogens (tertiary/aromatic N) is 2. The lowest BCUT2D eigenvalue weighted by molar-refractivity contribution is 1.21. The van der Waals surface area contributed by atoms with Gasteiger partial charge in [-0.25, -0.2) is 9.97 Å². The minimum atomic E-state index is -2.24. The maximum atomic E-state index is 5.54. The van der Waals surface area contributed by atoms with Crippen molar-refractivity contribution in [1.29, 1.82) is 0 Å². The molecule has 1 aliphatic heterocycles. The van der Waals surface area contributed by atoms with Gasteiger partial charge in [0.25, 0.3) is 0 Å². The summed E-state index contributed by atoms with van der Waals surface area (Å²) in [6.45, 7) is 4.92. The second kappa shape index (κ2) is 12.4. The van der Waals surface area contributed by atoms with E-state index in [1.807, 2.05) is 0 Å². The zero-order valence-corrected chi connectivity index (χ0v) is 30.7. The molecule has 2 nitrogen and oxygen atoms in total. The van der Waals surface area contributed by atoms with Crippen LogP contribution >= 0.6 is 0 Å². The molecule has 0 saturated heterocycles. The molecular weight excluding hydrogens is 657 g/mol. The number of fused-ring (bicyclic) bond motifs is 6. The molecular formula is C50H36N2Si. The van der Waals surface area contributed by atoms with Crippen LogP contribution < -0.4 is 10.5 Å². The van der Waals surface area contributed by atoms with Crippen molar-refractivity contribution in [2.24, 2.45) is 0 Å². The van der Waals surface area contributed by atoms with Crippen molar-refractivity contribution in [3.63, 3.8) is 0 Å². The van der Waals surface area contributed by atoms with E-state index in [0.717, 1.165) is 28.2 Å². The van der Waals surface area contributed by atoms with Gasteiger partial charge in [-0.15, -0.1) is 0 Å². The number of aromatic nitrogens is 2. The highest BCUT2D eigenvalue weighted by Gasteiger charge is 2.43. The maximum Gasteiger partial charge on any atom is 0.160 e. The lowest BCUT2D eigenvalue weighted by Gasteiger charge is -2.20. The third kappa shape index (κ3) is 5.24.